The SMILES string of the molecule is CCc1c(C(=O)C(N)=O)c2cnc(S(C)(=O)=O)nc2n1Cc1ccccc1. The number of nitrogens with two attached hydrogens (primary N) is 1. The van der Waals surface area contributed by atoms with Gasteiger partial charge in [0.05, 0.1) is 5.56 Å². The number of carbonyl (C=O) groups is 2. The average Bonchev–Trinajstić information content (AvgIpc) is 2.93. The Labute approximate surface area is 156 Å². The molecular formula is C18H18N4O4S. The Morgan fingerprint density at radius 2 is 1.85 bits per heavy atom. The lowest BCUT2D eigenvalue weighted by Crippen LogP contribution is -2.24. The second-order valence-corrected chi connectivity index (χ2v) is 8.01. The Morgan fingerprint density at radius 3 is 2.41 bits per heavy atom. The summed E-state index contributed by atoms with van der Waals surface area (Å²) in [5, 5.41) is -0.0403. The molecule has 0 saturated heterocycles. The number of Topliss-reactive ketones (excluding diaryl/α,β-unsaturated/α-hetero) is 1. The molecule has 0 fully saturated rings. The zero-order chi connectivity index (χ0) is 19.8. The van der Waals surface area contributed by atoms with E-state index in [1.807, 2.05) is 37.3 Å². The van der Waals surface area contributed by atoms with Crippen LogP contribution in [0.5, 0.6) is 0 Å². The Bertz CT molecular complexity index is 1150. The maximum Gasteiger partial charge on any atom is 0.289 e. The van der Waals surface area contributed by atoms with Gasteiger partial charge in [-0.25, -0.2) is 13.4 Å². The van der Waals surface area contributed by atoms with Crippen molar-refractivity contribution in [3.63, 3.8) is 0 Å². The van der Waals surface area contributed by atoms with Gasteiger partial charge in [0.1, 0.15) is 5.65 Å². The zero-order valence-corrected chi connectivity index (χ0v) is 15.7. The van der Waals surface area contributed by atoms with Gasteiger partial charge in [0, 0.05) is 30.1 Å². The van der Waals surface area contributed by atoms with Gasteiger partial charge >= 0.3 is 0 Å². The van der Waals surface area contributed by atoms with Crippen molar-refractivity contribution in [2.45, 2.75) is 25.0 Å². The number of ketones is 1. The Morgan fingerprint density at radius 1 is 1.19 bits per heavy atom. The molecule has 0 aliphatic rings. The fourth-order valence-electron chi connectivity index (χ4n) is 3.02. The van der Waals surface area contributed by atoms with Gasteiger partial charge in [0.25, 0.3) is 11.7 Å². The first kappa shape index (κ1) is 18.7. The lowest BCUT2D eigenvalue weighted by atomic mass is 10.1. The van der Waals surface area contributed by atoms with E-state index >= 15 is 0 Å². The second kappa shape index (κ2) is 6.92. The van der Waals surface area contributed by atoms with Crippen LogP contribution in [-0.4, -0.2) is 40.9 Å². The van der Waals surface area contributed by atoms with Crippen molar-refractivity contribution >= 4 is 32.6 Å². The van der Waals surface area contributed by atoms with Crippen LogP contribution in [0.2, 0.25) is 0 Å². The molecule has 27 heavy (non-hydrogen) atoms. The van der Waals surface area contributed by atoms with E-state index in [1.54, 1.807) is 4.57 Å². The molecule has 9 heteroatoms. The lowest BCUT2D eigenvalue weighted by molar-refractivity contribution is -0.114. The minimum absolute atomic E-state index is 0.121. The van der Waals surface area contributed by atoms with Crippen molar-refractivity contribution in [1.82, 2.24) is 14.5 Å². The molecule has 0 radical (unpaired) electrons. The Hall–Kier alpha value is -3.07. The number of aromatic nitrogens is 3. The van der Waals surface area contributed by atoms with Gasteiger partial charge in [-0.05, 0) is 12.0 Å². The number of amides is 1. The summed E-state index contributed by atoms with van der Waals surface area (Å²) in [7, 11) is -3.64. The van der Waals surface area contributed by atoms with Gasteiger partial charge in [-0.2, -0.15) is 4.98 Å². The molecule has 0 unspecified atom stereocenters. The minimum atomic E-state index is -3.64. The molecule has 3 rings (SSSR count). The fourth-order valence-corrected chi connectivity index (χ4v) is 3.51. The third kappa shape index (κ3) is 3.45. The average molecular weight is 386 g/mol. The van der Waals surface area contributed by atoms with Gasteiger partial charge in [0.2, 0.25) is 15.0 Å². The molecule has 0 saturated carbocycles. The lowest BCUT2D eigenvalue weighted by Gasteiger charge is -2.10. The first-order valence-corrected chi connectivity index (χ1v) is 10.1. The molecule has 2 heterocycles. The van der Waals surface area contributed by atoms with Crippen LogP contribution in [0.3, 0.4) is 0 Å². The monoisotopic (exact) mass is 386 g/mol. The number of primary amides is 1. The van der Waals surface area contributed by atoms with Crippen molar-refractivity contribution < 1.29 is 18.0 Å². The first-order valence-electron chi connectivity index (χ1n) is 8.20. The van der Waals surface area contributed by atoms with Crippen molar-refractivity contribution in [3.05, 3.63) is 53.3 Å². The molecule has 0 bridgehead atoms. The summed E-state index contributed by atoms with van der Waals surface area (Å²) in [4.78, 5) is 32.0. The maximum atomic E-state index is 12.4. The van der Waals surface area contributed by atoms with E-state index < -0.39 is 21.5 Å². The molecule has 0 aliphatic heterocycles. The maximum absolute atomic E-state index is 12.4. The van der Waals surface area contributed by atoms with E-state index in [0.717, 1.165) is 11.8 Å². The molecule has 0 aliphatic carbocycles. The fraction of sp³-hybridized carbons (Fsp3) is 0.222. The Kier molecular flexibility index (Phi) is 4.79. The van der Waals surface area contributed by atoms with E-state index in [0.29, 0.717) is 24.0 Å². The molecule has 3 aromatic rings. The summed E-state index contributed by atoms with van der Waals surface area (Å²) in [6, 6.07) is 9.43. The topological polar surface area (TPSA) is 125 Å². The zero-order valence-electron chi connectivity index (χ0n) is 14.8. The summed E-state index contributed by atoms with van der Waals surface area (Å²) in [6.07, 6.45) is 2.69. The van der Waals surface area contributed by atoms with Crippen molar-refractivity contribution in [1.29, 1.82) is 0 Å². The number of hydrogen-bond donors (Lipinski definition) is 1. The molecule has 1 aromatic carbocycles. The quantitative estimate of drug-likeness (QED) is 0.384. The number of hydrogen-bond acceptors (Lipinski definition) is 6. The Balaban J connectivity index is 2.35. The molecule has 0 spiro atoms. The van der Waals surface area contributed by atoms with Gasteiger partial charge in [-0.1, -0.05) is 37.3 Å². The van der Waals surface area contributed by atoms with Gasteiger partial charge < -0.3 is 10.3 Å². The number of rotatable bonds is 6. The number of fused-ring (bicyclic) bond motifs is 1. The van der Waals surface area contributed by atoms with Crippen LogP contribution in [-0.2, 0) is 27.6 Å². The predicted octanol–water partition coefficient (Wildman–Crippen LogP) is 1.11. The third-order valence-corrected chi connectivity index (χ3v) is 5.05. The van der Waals surface area contributed by atoms with Crippen molar-refractivity contribution in [3.8, 4) is 0 Å². The summed E-state index contributed by atoms with van der Waals surface area (Å²) in [5.74, 6) is -1.94. The number of nitrogens with zero attached hydrogens (tertiary/aromatic N) is 3. The van der Waals surface area contributed by atoms with Gasteiger partial charge in [-0.15, -0.1) is 0 Å². The molecule has 140 valence electrons. The second-order valence-electron chi connectivity index (χ2n) is 6.10. The van der Waals surface area contributed by atoms with Gasteiger partial charge in [0.15, 0.2) is 0 Å². The highest BCUT2D eigenvalue weighted by atomic mass is 32.2. The van der Waals surface area contributed by atoms with E-state index in [4.69, 9.17) is 5.73 Å². The van der Waals surface area contributed by atoms with Crippen LogP contribution in [0.25, 0.3) is 11.0 Å². The van der Waals surface area contributed by atoms with Crippen molar-refractivity contribution in [2.75, 3.05) is 6.26 Å². The number of sulfone groups is 1. The molecule has 8 nitrogen and oxygen atoms in total. The summed E-state index contributed by atoms with van der Waals surface area (Å²) in [6.45, 7) is 2.19. The highest BCUT2D eigenvalue weighted by Gasteiger charge is 2.27. The predicted molar refractivity (Wildman–Crippen MR) is 99.1 cm³/mol. The summed E-state index contributed by atoms with van der Waals surface area (Å²) < 4.78 is 25.5. The third-order valence-electron chi connectivity index (χ3n) is 4.19. The number of benzene rings is 1. The first-order chi connectivity index (χ1) is 12.7. The number of carbonyl (C=O) groups excluding carboxylic acids is 2. The van der Waals surface area contributed by atoms with Crippen LogP contribution in [0.15, 0.2) is 41.7 Å². The van der Waals surface area contributed by atoms with E-state index in [1.165, 1.54) is 6.20 Å². The summed E-state index contributed by atoms with van der Waals surface area (Å²) >= 11 is 0. The minimum Gasteiger partial charge on any atom is -0.363 e. The van der Waals surface area contributed by atoms with Crippen LogP contribution < -0.4 is 5.73 Å². The molecule has 2 N–H and O–H groups in total. The highest BCUT2D eigenvalue weighted by molar-refractivity contribution is 7.90. The van der Waals surface area contributed by atoms with E-state index in [-0.39, 0.29) is 16.4 Å². The van der Waals surface area contributed by atoms with Crippen LogP contribution >= 0.6 is 0 Å². The summed E-state index contributed by atoms with van der Waals surface area (Å²) in [5.41, 5.74) is 7.09. The highest BCUT2D eigenvalue weighted by Crippen LogP contribution is 2.27. The van der Waals surface area contributed by atoms with E-state index in [9.17, 15) is 18.0 Å². The van der Waals surface area contributed by atoms with Crippen LogP contribution in [0.4, 0.5) is 0 Å². The van der Waals surface area contributed by atoms with E-state index in [2.05, 4.69) is 9.97 Å². The van der Waals surface area contributed by atoms with Crippen molar-refractivity contribution in [2.24, 2.45) is 5.73 Å². The largest absolute Gasteiger partial charge is 0.363 e. The smallest absolute Gasteiger partial charge is 0.289 e. The molecule has 2 aromatic heterocycles. The van der Waals surface area contributed by atoms with Crippen LogP contribution in [0, 0.1) is 0 Å². The van der Waals surface area contributed by atoms with Crippen LogP contribution in [0.1, 0.15) is 28.5 Å². The van der Waals surface area contributed by atoms with Gasteiger partial charge in [-0.3, -0.25) is 9.59 Å². The molecular weight excluding hydrogens is 368 g/mol. The standard InChI is InChI=1S/C18H18N4O4S/c1-3-13-14(15(23)16(19)24)12-9-20-18(27(2,25)26)21-17(12)22(13)10-11-7-5-4-6-8-11/h4-9H,3,10H2,1-2H3,(H2,19,24). The normalized spacial score (nSPS) is 11.6. The molecule has 0 atom stereocenters. The molecule has 1 amide bonds.